The van der Waals surface area contributed by atoms with Crippen molar-refractivity contribution in [3.63, 3.8) is 0 Å². The molecule has 1 aromatic carbocycles. The molecule has 0 bridgehead atoms. The van der Waals surface area contributed by atoms with Gasteiger partial charge in [-0.2, -0.15) is 0 Å². The van der Waals surface area contributed by atoms with Gasteiger partial charge in [0.1, 0.15) is 0 Å². The first kappa shape index (κ1) is 11.6. The van der Waals surface area contributed by atoms with Crippen molar-refractivity contribution in [2.45, 2.75) is 13.5 Å². The van der Waals surface area contributed by atoms with E-state index in [2.05, 4.69) is 17.2 Å². The van der Waals surface area contributed by atoms with Crippen molar-refractivity contribution in [1.82, 2.24) is 10.6 Å². The van der Waals surface area contributed by atoms with Crippen molar-refractivity contribution in [1.29, 1.82) is 0 Å². The first-order chi connectivity index (χ1) is 7.09. The SMILES string of the molecule is C=C(C)NC(=O)NCc1ccccc1Cl. The number of halogens is 1. The molecule has 0 aromatic heterocycles. The molecule has 15 heavy (non-hydrogen) atoms. The van der Waals surface area contributed by atoms with Crippen LogP contribution in [0.1, 0.15) is 12.5 Å². The van der Waals surface area contributed by atoms with Crippen LogP contribution in [0.15, 0.2) is 36.5 Å². The van der Waals surface area contributed by atoms with Crippen LogP contribution in [0.5, 0.6) is 0 Å². The van der Waals surface area contributed by atoms with Gasteiger partial charge in [-0.3, -0.25) is 0 Å². The molecule has 0 aliphatic rings. The maximum Gasteiger partial charge on any atom is 0.319 e. The van der Waals surface area contributed by atoms with Crippen molar-refractivity contribution in [2.75, 3.05) is 0 Å². The zero-order valence-electron chi connectivity index (χ0n) is 8.51. The van der Waals surface area contributed by atoms with E-state index in [4.69, 9.17) is 11.6 Å². The van der Waals surface area contributed by atoms with E-state index in [1.165, 1.54) is 0 Å². The van der Waals surface area contributed by atoms with Gasteiger partial charge in [-0.25, -0.2) is 4.79 Å². The number of allylic oxidation sites excluding steroid dienone is 1. The van der Waals surface area contributed by atoms with Gasteiger partial charge in [-0.1, -0.05) is 36.4 Å². The van der Waals surface area contributed by atoms with E-state index < -0.39 is 0 Å². The van der Waals surface area contributed by atoms with Crippen molar-refractivity contribution in [3.05, 3.63) is 47.1 Å². The van der Waals surface area contributed by atoms with Gasteiger partial charge < -0.3 is 10.6 Å². The second-order valence-corrected chi connectivity index (χ2v) is 3.59. The van der Waals surface area contributed by atoms with Crippen LogP contribution in [0.4, 0.5) is 4.79 Å². The second kappa shape index (κ2) is 5.41. The lowest BCUT2D eigenvalue weighted by Crippen LogP contribution is -2.33. The van der Waals surface area contributed by atoms with Crippen LogP contribution in [0, 0.1) is 0 Å². The van der Waals surface area contributed by atoms with E-state index in [-0.39, 0.29) is 6.03 Å². The largest absolute Gasteiger partial charge is 0.334 e. The second-order valence-electron chi connectivity index (χ2n) is 3.18. The van der Waals surface area contributed by atoms with Crippen molar-refractivity contribution >= 4 is 17.6 Å². The van der Waals surface area contributed by atoms with Crippen LogP contribution in [0.3, 0.4) is 0 Å². The molecule has 1 aromatic rings. The fourth-order valence-corrected chi connectivity index (χ4v) is 1.26. The van der Waals surface area contributed by atoms with Crippen LogP contribution in [-0.2, 0) is 6.54 Å². The molecule has 0 atom stereocenters. The minimum Gasteiger partial charge on any atom is -0.334 e. The number of hydrogen-bond acceptors (Lipinski definition) is 1. The summed E-state index contributed by atoms with van der Waals surface area (Å²) in [5, 5.41) is 5.87. The highest BCUT2D eigenvalue weighted by Gasteiger charge is 2.02. The first-order valence-electron chi connectivity index (χ1n) is 4.53. The summed E-state index contributed by atoms with van der Waals surface area (Å²) in [5.74, 6) is 0. The van der Waals surface area contributed by atoms with Crippen LogP contribution < -0.4 is 10.6 Å². The highest BCUT2D eigenvalue weighted by Crippen LogP contribution is 2.13. The molecule has 0 saturated carbocycles. The minimum absolute atomic E-state index is 0.276. The number of amides is 2. The molecular weight excluding hydrogens is 212 g/mol. The van der Waals surface area contributed by atoms with Gasteiger partial charge in [0, 0.05) is 17.3 Å². The number of carbonyl (C=O) groups excluding carboxylic acids is 1. The molecule has 80 valence electrons. The van der Waals surface area contributed by atoms with Gasteiger partial charge in [0.25, 0.3) is 0 Å². The molecular formula is C11H13ClN2O. The van der Waals surface area contributed by atoms with Gasteiger partial charge in [0.2, 0.25) is 0 Å². The van der Waals surface area contributed by atoms with Crippen LogP contribution >= 0.6 is 11.6 Å². The molecule has 0 aliphatic heterocycles. The normalized spacial score (nSPS) is 9.47. The molecule has 0 spiro atoms. The number of benzene rings is 1. The number of nitrogens with one attached hydrogen (secondary N) is 2. The van der Waals surface area contributed by atoms with Crippen molar-refractivity contribution in [3.8, 4) is 0 Å². The fourth-order valence-electron chi connectivity index (χ4n) is 1.06. The lowest BCUT2D eigenvalue weighted by molar-refractivity contribution is 0.243. The summed E-state index contributed by atoms with van der Waals surface area (Å²) in [6, 6.07) is 7.10. The maximum atomic E-state index is 11.2. The van der Waals surface area contributed by atoms with Gasteiger partial charge in [0.15, 0.2) is 0 Å². The van der Waals surface area contributed by atoms with Crippen LogP contribution in [0.2, 0.25) is 5.02 Å². The molecule has 0 fully saturated rings. The quantitative estimate of drug-likeness (QED) is 0.815. The molecule has 2 amide bonds. The van der Waals surface area contributed by atoms with Crippen LogP contribution in [0.25, 0.3) is 0 Å². The van der Waals surface area contributed by atoms with E-state index in [1.54, 1.807) is 13.0 Å². The smallest absolute Gasteiger partial charge is 0.319 e. The predicted octanol–water partition coefficient (Wildman–Crippen LogP) is 2.67. The van der Waals surface area contributed by atoms with E-state index in [0.29, 0.717) is 17.3 Å². The molecule has 0 aliphatic carbocycles. The molecule has 0 heterocycles. The van der Waals surface area contributed by atoms with Crippen molar-refractivity contribution < 1.29 is 4.79 Å². The van der Waals surface area contributed by atoms with Crippen molar-refractivity contribution in [2.24, 2.45) is 0 Å². The Labute approximate surface area is 94.1 Å². The lowest BCUT2D eigenvalue weighted by Gasteiger charge is -2.07. The zero-order valence-corrected chi connectivity index (χ0v) is 9.27. The molecule has 3 nitrogen and oxygen atoms in total. The summed E-state index contributed by atoms with van der Waals surface area (Å²) in [4.78, 5) is 11.2. The average molecular weight is 225 g/mol. The molecule has 1 rings (SSSR count). The zero-order chi connectivity index (χ0) is 11.3. The number of urea groups is 1. The molecule has 4 heteroatoms. The number of hydrogen-bond donors (Lipinski definition) is 2. The molecule has 0 unspecified atom stereocenters. The Morgan fingerprint density at radius 2 is 2.13 bits per heavy atom. The Morgan fingerprint density at radius 3 is 2.73 bits per heavy atom. The van der Waals surface area contributed by atoms with Gasteiger partial charge in [0.05, 0.1) is 0 Å². The third-order valence-electron chi connectivity index (χ3n) is 1.72. The Hall–Kier alpha value is -1.48. The Bertz CT molecular complexity index is 377. The molecule has 0 radical (unpaired) electrons. The van der Waals surface area contributed by atoms with E-state index >= 15 is 0 Å². The number of carbonyl (C=O) groups is 1. The Morgan fingerprint density at radius 1 is 1.47 bits per heavy atom. The van der Waals surface area contributed by atoms with E-state index in [0.717, 1.165) is 5.56 Å². The number of rotatable bonds is 3. The standard InChI is InChI=1S/C11H13ClN2O/c1-8(2)14-11(15)13-7-9-5-3-4-6-10(9)12/h3-6H,1,7H2,2H3,(H2,13,14,15). The minimum atomic E-state index is -0.276. The fraction of sp³-hybridized carbons (Fsp3) is 0.182. The third kappa shape index (κ3) is 4.04. The Balaban J connectivity index is 2.47. The van der Waals surface area contributed by atoms with E-state index in [1.807, 2.05) is 18.2 Å². The average Bonchev–Trinajstić information content (AvgIpc) is 2.15. The highest BCUT2D eigenvalue weighted by atomic mass is 35.5. The lowest BCUT2D eigenvalue weighted by atomic mass is 10.2. The molecule has 0 saturated heterocycles. The van der Waals surface area contributed by atoms with Crippen LogP contribution in [-0.4, -0.2) is 6.03 Å². The van der Waals surface area contributed by atoms with Gasteiger partial charge in [-0.15, -0.1) is 0 Å². The Kier molecular flexibility index (Phi) is 4.18. The first-order valence-corrected chi connectivity index (χ1v) is 4.91. The van der Waals surface area contributed by atoms with Gasteiger partial charge in [-0.05, 0) is 18.6 Å². The summed E-state index contributed by atoms with van der Waals surface area (Å²) >= 11 is 5.92. The summed E-state index contributed by atoms with van der Waals surface area (Å²) in [6.07, 6.45) is 0. The summed E-state index contributed by atoms with van der Waals surface area (Å²) in [5.41, 5.74) is 1.49. The summed E-state index contributed by atoms with van der Waals surface area (Å²) in [7, 11) is 0. The monoisotopic (exact) mass is 224 g/mol. The summed E-state index contributed by atoms with van der Waals surface area (Å²) < 4.78 is 0. The molecule has 2 N–H and O–H groups in total. The third-order valence-corrected chi connectivity index (χ3v) is 2.09. The van der Waals surface area contributed by atoms with E-state index in [9.17, 15) is 4.79 Å². The van der Waals surface area contributed by atoms with Gasteiger partial charge >= 0.3 is 6.03 Å². The summed E-state index contributed by atoms with van der Waals surface area (Å²) in [6.45, 7) is 5.69. The highest BCUT2D eigenvalue weighted by molar-refractivity contribution is 6.31. The topological polar surface area (TPSA) is 41.1 Å². The maximum absolute atomic E-state index is 11.2. The predicted molar refractivity (Wildman–Crippen MR) is 61.6 cm³/mol.